The summed E-state index contributed by atoms with van der Waals surface area (Å²) in [6, 6.07) is 14.6. The third-order valence-corrected chi connectivity index (χ3v) is 2.74. The van der Waals surface area contributed by atoms with E-state index < -0.39 is 0 Å². The number of aromatic nitrogens is 2. The molecule has 2 aromatic heterocycles. The minimum atomic E-state index is 1.05. The number of hydrogen-bond donors (Lipinski definition) is 0. The summed E-state index contributed by atoms with van der Waals surface area (Å²) in [5.41, 5.74) is 4.63. The molecule has 0 saturated carbocycles. The quantitative estimate of drug-likeness (QED) is 0.599. The van der Waals surface area contributed by atoms with Crippen LogP contribution in [0, 0.1) is 6.92 Å². The summed E-state index contributed by atoms with van der Waals surface area (Å²) in [5, 5.41) is 0. The minimum Gasteiger partial charge on any atom is -0.306 e. The van der Waals surface area contributed by atoms with E-state index in [2.05, 4.69) is 42.2 Å². The Labute approximate surface area is 94.2 Å². The van der Waals surface area contributed by atoms with Crippen LogP contribution in [0.5, 0.6) is 0 Å². The van der Waals surface area contributed by atoms with Crippen molar-refractivity contribution in [3.63, 3.8) is 0 Å². The number of fused-ring (bicyclic) bond motifs is 1. The van der Waals surface area contributed by atoms with E-state index >= 15 is 0 Å². The predicted molar refractivity (Wildman–Crippen MR) is 65.4 cm³/mol. The fraction of sp³-hybridized carbons (Fsp3) is 0.0714. The second-order valence-corrected chi connectivity index (χ2v) is 3.96. The van der Waals surface area contributed by atoms with Gasteiger partial charge in [-0.1, -0.05) is 29.8 Å². The Morgan fingerprint density at radius 2 is 2.00 bits per heavy atom. The average molecular weight is 208 g/mol. The first kappa shape index (κ1) is 9.16. The zero-order valence-electron chi connectivity index (χ0n) is 9.09. The second-order valence-electron chi connectivity index (χ2n) is 3.96. The molecule has 0 aliphatic carbocycles. The summed E-state index contributed by atoms with van der Waals surface area (Å²) >= 11 is 0. The van der Waals surface area contributed by atoms with Crippen molar-refractivity contribution in [3.8, 4) is 11.3 Å². The molecule has 0 fully saturated rings. The van der Waals surface area contributed by atoms with Crippen molar-refractivity contribution in [2.75, 3.05) is 0 Å². The van der Waals surface area contributed by atoms with Crippen molar-refractivity contribution in [2.24, 2.45) is 0 Å². The molecule has 0 bridgehead atoms. The Morgan fingerprint density at radius 3 is 2.88 bits per heavy atom. The third kappa shape index (κ3) is 1.39. The van der Waals surface area contributed by atoms with Crippen molar-refractivity contribution in [2.45, 2.75) is 6.92 Å². The van der Waals surface area contributed by atoms with Gasteiger partial charge in [0, 0.05) is 11.8 Å². The molecule has 3 aromatic rings. The molecule has 0 spiro atoms. The molecule has 0 atom stereocenters. The second kappa shape index (κ2) is 3.49. The van der Waals surface area contributed by atoms with Crippen molar-refractivity contribution in [3.05, 3.63) is 60.6 Å². The fourth-order valence-electron chi connectivity index (χ4n) is 1.96. The van der Waals surface area contributed by atoms with Crippen LogP contribution in [-0.4, -0.2) is 9.38 Å². The molecule has 0 unspecified atom stereocenters. The standard InChI is InChI=1S/C14H12N2/c1-11-5-4-6-12(9-11)14-13-7-2-3-8-16(13)10-15-14/h2-10H,1H3. The number of aryl methyl sites for hydroxylation is 1. The SMILES string of the molecule is Cc1cccc(-c2ncn3ccccc23)c1. The van der Waals surface area contributed by atoms with Crippen LogP contribution in [0.25, 0.3) is 16.8 Å². The van der Waals surface area contributed by atoms with Crippen molar-refractivity contribution in [1.29, 1.82) is 0 Å². The van der Waals surface area contributed by atoms with Gasteiger partial charge in [0.15, 0.2) is 0 Å². The lowest BCUT2D eigenvalue weighted by molar-refractivity contribution is 1.15. The van der Waals surface area contributed by atoms with Crippen LogP contribution in [0.2, 0.25) is 0 Å². The van der Waals surface area contributed by atoms with E-state index in [0.29, 0.717) is 0 Å². The van der Waals surface area contributed by atoms with Crippen LogP contribution in [0.15, 0.2) is 55.0 Å². The Morgan fingerprint density at radius 1 is 1.06 bits per heavy atom. The predicted octanol–water partition coefficient (Wildman–Crippen LogP) is 3.31. The lowest BCUT2D eigenvalue weighted by Gasteiger charge is -2.00. The van der Waals surface area contributed by atoms with Crippen LogP contribution in [0.1, 0.15) is 5.56 Å². The monoisotopic (exact) mass is 208 g/mol. The van der Waals surface area contributed by atoms with Crippen molar-refractivity contribution in [1.82, 2.24) is 9.38 Å². The largest absolute Gasteiger partial charge is 0.306 e. The lowest BCUT2D eigenvalue weighted by Crippen LogP contribution is -1.82. The van der Waals surface area contributed by atoms with Gasteiger partial charge in [-0.05, 0) is 25.1 Å². The van der Waals surface area contributed by atoms with Gasteiger partial charge in [-0.3, -0.25) is 0 Å². The molecule has 0 N–H and O–H groups in total. The number of benzene rings is 1. The Bertz CT molecular complexity index is 638. The van der Waals surface area contributed by atoms with Crippen LogP contribution < -0.4 is 0 Å². The molecule has 0 aliphatic heterocycles. The fourth-order valence-corrected chi connectivity index (χ4v) is 1.96. The van der Waals surface area contributed by atoms with Crippen LogP contribution in [0.3, 0.4) is 0 Å². The number of pyridine rings is 1. The molecule has 1 aromatic carbocycles. The van der Waals surface area contributed by atoms with E-state index in [1.165, 1.54) is 11.1 Å². The summed E-state index contributed by atoms with van der Waals surface area (Å²) < 4.78 is 2.04. The van der Waals surface area contributed by atoms with Crippen LogP contribution in [-0.2, 0) is 0 Å². The first-order valence-corrected chi connectivity index (χ1v) is 5.33. The number of rotatable bonds is 1. The van der Waals surface area contributed by atoms with Gasteiger partial charge in [-0.2, -0.15) is 0 Å². The summed E-state index contributed by atoms with van der Waals surface area (Å²) in [6.07, 6.45) is 3.87. The van der Waals surface area contributed by atoms with E-state index in [-0.39, 0.29) is 0 Å². The van der Waals surface area contributed by atoms with Crippen LogP contribution >= 0.6 is 0 Å². The molecule has 2 nitrogen and oxygen atoms in total. The van der Waals surface area contributed by atoms with E-state index in [9.17, 15) is 0 Å². The van der Waals surface area contributed by atoms with Crippen molar-refractivity contribution < 1.29 is 0 Å². The zero-order chi connectivity index (χ0) is 11.0. The summed E-state index contributed by atoms with van der Waals surface area (Å²) in [6.45, 7) is 2.10. The molecule has 0 aliphatic rings. The van der Waals surface area contributed by atoms with Crippen molar-refractivity contribution >= 4 is 5.52 Å². The minimum absolute atomic E-state index is 1.05. The van der Waals surface area contributed by atoms with Gasteiger partial charge in [0.25, 0.3) is 0 Å². The van der Waals surface area contributed by atoms with E-state index in [1.807, 2.05) is 29.1 Å². The maximum atomic E-state index is 4.47. The highest BCUT2D eigenvalue weighted by atomic mass is 15.0. The summed E-state index contributed by atoms with van der Waals surface area (Å²) in [5.74, 6) is 0. The average Bonchev–Trinajstić information content (AvgIpc) is 2.72. The molecule has 0 amide bonds. The van der Waals surface area contributed by atoms with Gasteiger partial charge in [0.05, 0.1) is 17.5 Å². The summed E-state index contributed by atoms with van der Waals surface area (Å²) in [7, 11) is 0. The number of nitrogens with zero attached hydrogens (tertiary/aromatic N) is 2. The summed E-state index contributed by atoms with van der Waals surface area (Å²) in [4.78, 5) is 4.47. The third-order valence-electron chi connectivity index (χ3n) is 2.74. The smallest absolute Gasteiger partial charge is 0.0999 e. The molecule has 2 heterocycles. The number of imidazole rings is 1. The molecule has 0 saturated heterocycles. The lowest BCUT2D eigenvalue weighted by atomic mass is 10.1. The van der Waals surface area contributed by atoms with Crippen LogP contribution in [0.4, 0.5) is 0 Å². The molecule has 3 rings (SSSR count). The van der Waals surface area contributed by atoms with Gasteiger partial charge in [-0.15, -0.1) is 0 Å². The zero-order valence-corrected chi connectivity index (χ0v) is 9.09. The molecule has 78 valence electrons. The first-order valence-electron chi connectivity index (χ1n) is 5.33. The first-order chi connectivity index (χ1) is 7.84. The van der Waals surface area contributed by atoms with E-state index in [4.69, 9.17) is 0 Å². The van der Waals surface area contributed by atoms with Gasteiger partial charge in [-0.25, -0.2) is 4.98 Å². The highest BCUT2D eigenvalue weighted by molar-refractivity contribution is 5.77. The number of hydrogen-bond acceptors (Lipinski definition) is 1. The molecule has 0 radical (unpaired) electrons. The van der Waals surface area contributed by atoms with Gasteiger partial charge in [0.2, 0.25) is 0 Å². The Hall–Kier alpha value is -2.09. The highest BCUT2D eigenvalue weighted by Crippen LogP contribution is 2.23. The maximum Gasteiger partial charge on any atom is 0.0999 e. The molecular formula is C14H12N2. The Balaban J connectivity index is 2.26. The topological polar surface area (TPSA) is 17.3 Å². The molecule has 2 heteroatoms. The van der Waals surface area contributed by atoms with Gasteiger partial charge in [0.1, 0.15) is 0 Å². The van der Waals surface area contributed by atoms with E-state index in [1.54, 1.807) is 0 Å². The highest BCUT2D eigenvalue weighted by Gasteiger charge is 2.05. The molecular weight excluding hydrogens is 196 g/mol. The van der Waals surface area contributed by atoms with Gasteiger partial charge < -0.3 is 4.40 Å². The Kier molecular flexibility index (Phi) is 2.00. The van der Waals surface area contributed by atoms with E-state index in [0.717, 1.165) is 11.2 Å². The normalized spacial score (nSPS) is 10.8. The van der Waals surface area contributed by atoms with Gasteiger partial charge >= 0.3 is 0 Å². The maximum absolute atomic E-state index is 4.47. The molecule has 16 heavy (non-hydrogen) atoms.